The fraction of sp³-hybridized carbons (Fsp3) is 0.393. The van der Waals surface area contributed by atoms with E-state index in [1.54, 1.807) is 35.6 Å². The van der Waals surface area contributed by atoms with Crippen LogP contribution in [0.25, 0.3) is 0 Å². The van der Waals surface area contributed by atoms with E-state index < -0.39 is 10.0 Å². The molecule has 1 aromatic heterocycles. The fourth-order valence-corrected chi connectivity index (χ4v) is 6.91. The number of nitrogens with zero attached hydrogens (tertiary/aromatic N) is 2. The van der Waals surface area contributed by atoms with E-state index in [1.165, 1.54) is 9.18 Å². The lowest BCUT2D eigenvalue weighted by Gasteiger charge is -2.38. The number of aryl methyl sites for hydroxylation is 2. The third kappa shape index (κ3) is 5.52. The Morgan fingerprint density at radius 1 is 1.06 bits per heavy atom. The summed E-state index contributed by atoms with van der Waals surface area (Å²) in [6.45, 7) is 8.85. The first-order chi connectivity index (χ1) is 16.7. The Morgan fingerprint density at radius 3 is 2.46 bits per heavy atom. The molecule has 1 amide bonds. The first-order valence-corrected chi connectivity index (χ1v) is 14.5. The van der Waals surface area contributed by atoms with Crippen LogP contribution >= 0.6 is 11.3 Å². The van der Waals surface area contributed by atoms with Crippen LogP contribution in [0, 0.1) is 19.8 Å². The van der Waals surface area contributed by atoms with Gasteiger partial charge in [-0.05, 0) is 72.9 Å². The Morgan fingerprint density at radius 2 is 1.77 bits per heavy atom. The molecule has 35 heavy (non-hydrogen) atoms. The summed E-state index contributed by atoms with van der Waals surface area (Å²) in [7, 11) is -3.80. The molecule has 7 heteroatoms. The summed E-state index contributed by atoms with van der Waals surface area (Å²) >= 11 is 1.73. The summed E-state index contributed by atoms with van der Waals surface area (Å²) < 4.78 is 28.6. The van der Waals surface area contributed by atoms with E-state index in [-0.39, 0.29) is 23.4 Å². The number of carbonyl (C=O) groups is 1. The Balaban J connectivity index is 1.67. The van der Waals surface area contributed by atoms with Crippen molar-refractivity contribution in [2.75, 3.05) is 19.6 Å². The number of hydrogen-bond donors (Lipinski definition) is 0. The minimum Gasteiger partial charge on any atom is -0.330 e. The molecule has 1 aliphatic heterocycles. The molecule has 0 fully saturated rings. The van der Waals surface area contributed by atoms with Crippen molar-refractivity contribution in [1.29, 1.82) is 0 Å². The van der Waals surface area contributed by atoms with Crippen LogP contribution < -0.4 is 0 Å². The van der Waals surface area contributed by atoms with Crippen LogP contribution in [0.15, 0.2) is 64.9 Å². The molecule has 4 rings (SSSR count). The highest BCUT2D eigenvalue weighted by molar-refractivity contribution is 7.89. The average Bonchev–Trinajstić information content (AvgIpc) is 3.30. The number of thiophene rings is 1. The third-order valence-electron chi connectivity index (χ3n) is 6.70. The van der Waals surface area contributed by atoms with Crippen LogP contribution in [0.2, 0.25) is 0 Å². The molecule has 1 unspecified atom stereocenters. The van der Waals surface area contributed by atoms with Crippen molar-refractivity contribution in [1.82, 2.24) is 9.21 Å². The van der Waals surface area contributed by atoms with Gasteiger partial charge in [-0.2, -0.15) is 4.31 Å². The molecule has 0 saturated heterocycles. The van der Waals surface area contributed by atoms with E-state index in [0.29, 0.717) is 25.4 Å². The van der Waals surface area contributed by atoms with Crippen molar-refractivity contribution in [3.05, 3.63) is 87.1 Å². The van der Waals surface area contributed by atoms with Gasteiger partial charge < -0.3 is 4.90 Å². The Kier molecular flexibility index (Phi) is 7.79. The monoisotopic (exact) mass is 510 g/mol. The van der Waals surface area contributed by atoms with Gasteiger partial charge in [0.05, 0.1) is 17.5 Å². The van der Waals surface area contributed by atoms with E-state index in [1.807, 2.05) is 24.0 Å². The fourth-order valence-electron chi connectivity index (χ4n) is 4.60. The van der Waals surface area contributed by atoms with Gasteiger partial charge in [-0.25, -0.2) is 8.42 Å². The summed E-state index contributed by atoms with van der Waals surface area (Å²) in [5.74, 6) is 0.165. The zero-order chi connectivity index (χ0) is 25.2. The molecule has 1 atom stereocenters. The molecule has 0 N–H and O–H groups in total. The zero-order valence-electron chi connectivity index (χ0n) is 20.9. The molecule has 2 heterocycles. The molecule has 0 saturated carbocycles. The Bertz CT molecular complexity index is 1280. The highest BCUT2D eigenvalue weighted by atomic mass is 32.2. The topological polar surface area (TPSA) is 57.7 Å². The maximum absolute atomic E-state index is 13.8. The van der Waals surface area contributed by atoms with E-state index in [4.69, 9.17) is 0 Å². The number of hydrogen-bond acceptors (Lipinski definition) is 4. The van der Waals surface area contributed by atoms with Gasteiger partial charge in [0.15, 0.2) is 0 Å². The summed E-state index contributed by atoms with van der Waals surface area (Å²) in [5, 5.41) is 2.08. The van der Waals surface area contributed by atoms with Gasteiger partial charge >= 0.3 is 0 Å². The molecule has 0 aliphatic carbocycles. The minimum absolute atomic E-state index is 0.158. The molecular formula is C28H34N2O3S2. The number of rotatable bonds is 8. The van der Waals surface area contributed by atoms with Gasteiger partial charge in [0.1, 0.15) is 0 Å². The summed E-state index contributed by atoms with van der Waals surface area (Å²) in [5.41, 5.74) is 4.36. The van der Waals surface area contributed by atoms with E-state index in [0.717, 1.165) is 28.7 Å². The molecule has 3 aromatic rings. The molecule has 5 nitrogen and oxygen atoms in total. The quantitative estimate of drug-likeness (QED) is 0.398. The number of benzene rings is 2. The molecule has 186 valence electrons. The largest absolute Gasteiger partial charge is 0.330 e. The summed E-state index contributed by atoms with van der Waals surface area (Å²) in [6, 6.07) is 16.9. The number of sulfonamides is 1. The van der Waals surface area contributed by atoms with Gasteiger partial charge in [0.25, 0.3) is 0 Å². The highest BCUT2D eigenvalue weighted by Crippen LogP contribution is 2.39. The summed E-state index contributed by atoms with van der Waals surface area (Å²) in [4.78, 5) is 17.2. The van der Waals surface area contributed by atoms with Crippen molar-refractivity contribution in [2.45, 2.75) is 51.5 Å². The summed E-state index contributed by atoms with van der Waals surface area (Å²) in [6.07, 6.45) is 1.48. The Hall–Kier alpha value is -2.48. The van der Waals surface area contributed by atoms with Crippen LogP contribution in [-0.2, 0) is 21.2 Å². The number of carbonyl (C=O) groups excluding carboxylic acids is 1. The van der Waals surface area contributed by atoms with Crippen molar-refractivity contribution in [2.24, 2.45) is 5.92 Å². The first-order valence-electron chi connectivity index (χ1n) is 12.2. The molecule has 1 aliphatic rings. The predicted octanol–water partition coefficient (Wildman–Crippen LogP) is 5.58. The second-order valence-corrected chi connectivity index (χ2v) is 12.7. The molecule has 0 spiro atoms. The Labute approximate surface area is 213 Å². The minimum atomic E-state index is -3.80. The highest BCUT2D eigenvalue weighted by Gasteiger charge is 2.36. The van der Waals surface area contributed by atoms with Gasteiger partial charge in [-0.3, -0.25) is 4.79 Å². The SMILES string of the molecule is Cc1ccc(S(=O)(=O)N(CCC(C)C)CC(=O)N2CCc3sccc3C2c2ccccc2C)cc1. The second-order valence-electron chi connectivity index (χ2n) is 9.73. The first kappa shape index (κ1) is 25.6. The zero-order valence-corrected chi connectivity index (χ0v) is 22.5. The van der Waals surface area contributed by atoms with Gasteiger partial charge in [0.2, 0.25) is 15.9 Å². The second kappa shape index (κ2) is 10.6. The van der Waals surface area contributed by atoms with E-state index in [2.05, 4.69) is 44.4 Å². The van der Waals surface area contributed by atoms with Crippen molar-refractivity contribution in [3.8, 4) is 0 Å². The van der Waals surface area contributed by atoms with Crippen LogP contribution in [0.3, 0.4) is 0 Å². The lowest BCUT2D eigenvalue weighted by Crippen LogP contribution is -2.47. The van der Waals surface area contributed by atoms with Crippen LogP contribution in [0.4, 0.5) is 0 Å². The van der Waals surface area contributed by atoms with Crippen molar-refractivity contribution < 1.29 is 13.2 Å². The molecule has 0 bridgehead atoms. The maximum atomic E-state index is 13.8. The standard InChI is InChI=1S/C28H34N2O3S2/c1-20(2)13-16-29(35(32,33)23-11-9-21(3)10-12-23)19-27(31)30-17-14-26-25(15-18-34-26)28(30)24-8-6-5-7-22(24)4/h5-12,15,18,20,28H,13-14,16-17,19H2,1-4H3. The van der Waals surface area contributed by atoms with Crippen LogP contribution in [0.5, 0.6) is 0 Å². The van der Waals surface area contributed by atoms with Crippen molar-refractivity contribution in [3.63, 3.8) is 0 Å². The van der Waals surface area contributed by atoms with Gasteiger partial charge in [-0.15, -0.1) is 11.3 Å². The lowest BCUT2D eigenvalue weighted by molar-refractivity contribution is -0.133. The molecule has 2 aromatic carbocycles. The maximum Gasteiger partial charge on any atom is 0.243 e. The van der Waals surface area contributed by atoms with E-state index in [9.17, 15) is 13.2 Å². The van der Waals surface area contributed by atoms with E-state index >= 15 is 0 Å². The molecule has 0 radical (unpaired) electrons. The lowest BCUT2D eigenvalue weighted by atomic mass is 9.90. The van der Waals surface area contributed by atoms with Gasteiger partial charge in [-0.1, -0.05) is 55.8 Å². The predicted molar refractivity (Wildman–Crippen MR) is 142 cm³/mol. The van der Waals surface area contributed by atoms with Crippen LogP contribution in [0.1, 0.15) is 53.4 Å². The van der Waals surface area contributed by atoms with Crippen molar-refractivity contribution >= 4 is 27.3 Å². The average molecular weight is 511 g/mol. The van der Waals surface area contributed by atoms with Gasteiger partial charge in [0, 0.05) is 18.0 Å². The normalized spacial score (nSPS) is 16.1. The van der Waals surface area contributed by atoms with Crippen LogP contribution in [-0.4, -0.2) is 43.2 Å². The molecular weight excluding hydrogens is 476 g/mol. The third-order valence-corrected chi connectivity index (χ3v) is 9.55. The smallest absolute Gasteiger partial charge is 0.243 e. The number of fused-ring (bicyclic) bond motifs is 1. The number of amides is 1.